The average Bonchev–Trinajstić information content (AvgIpc) is 2.92. The second kappa shape index (κ2) is 5.85. The Morgan fingerprint density at radius 3 is 2.75 bits per heavy atom. The zero-order chi connectivity index (χ0) is 14.9. The van der Waals surface area contributed by atoms with Crippen molar-refractivity contribution in [2.24, 2.45) is 0 Å². The van der Waals surface area contributed by atoms with Crippen LogP contribution in [0.5, 0.6) is 0 Å². The van der Waals surface area contributed by atoms with Gasteiger partial charge in [0, 0.05) is 18.0 Å². The standard InChI is InChI=1S/C14H21NO3S2/c1-4-5-11-8-13(19-10(11)2)14(16)15(3)12-6-7-20(17,18)9-12/h8,12H,4-7,9H2,1-3H3. The van der Waals surface area contributed by atoms with Crippen molar-refractivity contribution in [3.8, 4) is 0 Å². The Kier molecular flexibility index (Phi) is 4.54. The van der Waals surface area contributed by atoms with E-state index in [-0.39, 0.29) is 23.5 Å². The largest absolute Gasteiger partial charge is 0.337 e. The minimum Gasteiger partial charge on any atom is -0.337 e. The van der Waals surface area contributed by atoms with E-state index in [1.807, 2.05) is 13.0 Å². The lowest BCUT2D eigenvalue weighted by Crippen LogP contribution is -2.37. The molecule has 2 heterocycles. The summed E-state index contributed by atoms with van der Waals surface area (Å²) in [5.74, 6) is 0.240. The van der Waals surface area contributed by atoms with Gasteiger partial charge >= 0.3 is 0 Å². The molecule has 0 aromatic carbocycles. The van der Waals surface area contributed by atoms with Crippen LogP contribution in [0.25, 0.3) is 0 Å². The molecule has 1 unspecified atom stereocenters. The molecule has 1 aromatic rings. The first-order valence-corrected chi connectivity index (χ1v) is 9.54. The molecule has 0 aliphatic carbocycles. The summed E-state index contributed by atoms with van der Waals surface area (Å²) in [6.45, 7) is 4.15. The maximum absolute atomic E-state index is 12.5. The molecule has 112 valence electrons. The molecule has 2 rings (SSSR count). The molecule has 1 saturated heterocycles. The molecule has 6 heteroatoms. The molecule has 0 radical (unpaired) electrons. The van der Waals surface area contributed by atoms with Crippen LogP contribution in [0, 0.1) is 6.92 Å². The van der Waals surface area contributed by atoms with Gasteiger partial charge in [0.2, 0.25) is 0 Å². The molecule has 0 N–H and O–H groups in total. The van der Waals surface area contributed by atoms with E-state index in [1.165, 1.54) is 21.8 Å². The van der Waals surface area contributed by atoms with E-state index in [0.717, 1.165) is 17.7 Å². The van der Waals surface area contributed by atoms with Crippen LogP contribution in [0.15, 0.2) is 6.07 Å². The zero-order valence-corrected chi connectivity index (χ0v) is 13.8. The van der Waals surface area contributed by atoms with Gasteiger partial charge in [0.05, 0.1) is 16.4 Å². The predicted molar refractivity (Wildman–Crippen MR) is 82.2 cm³/mol. The molecule has 1 amide bonds. The quantitative estimate of drug-likeness (QED) is 0.856. The number of aryl methyl sites for hydroxylation is 2. The molecule has 1 aromatic heterocycles. The number of hydrogen-bond donors (Lipinski definition) is 0. The van der Waals surface area contributed by atoms with Crippen LogP contribution in [0.3, 0.4) is 0 Å². The third-order valence-electron chi connectivity index (χ3n) is 3.83. The van der Waals surface area contributed by atoms with Crippen LogP contribution in [-0.2, 0) is 16.3 Å². The highest BCUT2D eigenvalue weighted by molar-refractivity contribution is 7.91. The van der Waals surface area contributed by atoms with Crippen molar-refractivity contribution in [3.05, 3.63) is 21.4 Å². The van der Waals surface area contributed by atoms with Gasteiger partial charge in [-0.25, -0.2) is 8.42 Å². The fraction of sp³-hybridized carbons (Fsp3) is 0.643. The molecule has 1 atom stereocenters. The first-order chi connectivity index (χ1) is 9.34. The molecule has 0 spiro atoms. The molecule has 0 saturated carbocycles. The minimum atomic E-state index is -2.96. The van der Waals surface area contributed by atoms with Crippen molar-refractivity contribution < 1.29 is 13.2 Å². The van der Waals surface area contributed by atoms with Crippen molar-refractivity contribution in [1.82, 2.24) is 4.90 Å². The first kappa shape index (κ1) is 15.5. The Morgan fingerprint density at radius 2 is 2.20 bits per heavy atom. The average molecular weight is 315 g/mol. The lowest BCUT2D eigenvalue weighted by atomic mass is 10.1. The Bertz CT molecular complexity index is 604. The molecule has 1 aliphatic heterocycles. The molecule has 0 bridgehead atoms. The SMILES string of the molecule is CCCc1cc(C(=O)N(C)C2CCS(=O)(=O)C2)sc1C. The highest BCUT2D eigenvalue weighted by Crippen LogP contribution is 2.26. The second-order valence-corrected chi connectivity index (χ2v) is 8.90. The van der Waals surface area contributed by atoms with E-state index < -0.39 is 9.84 Å². The summed E-state index contributed by atoms with van der Waals surface area (Å²) in [4.78, 5) is 16.0. The molecular formula is C14H21NO3S2. The van der Waals surface area contributed by atoms with Crippen LogP contribution in [-0.4, -0.2) is 43.8 Å². The predicted octanol–water partition coefficient (Wildman–Crippen LogP) is 2.27. The van der Waals surface area contributed by atoms with Crippen molar-refractivity contribution in [1.29, 1.82) is 0 Å². The normalized spacial score (nSPS) is 21.1. The van der Waals surface area contributed by atoms with E-state index in [0.29, 0.717) is 6.42 Å². The van der Waals surface area contributed by atoms with Crippen LogP contribution in [0.4, 0.5) is 0 Å². The van der Waals surface area contributed by atoms with Gasteiger partial charge in [-0.15, -0.1) is 11.3 Å². The fourth-order valence-corrected chi connectivity index (χ4v) is 5.39. The van der Waals surface area contributed by atoms with Crippen molar-refractivity contribution in [3.63, 3.8) is 0 Å². The van der Waals surface area contributed by atoms with Gasteiger partial charge in [-0.05, 0) is 31.4 Å². The van der Waals surface area contributed by atoms with E-state index in [1.54, 1.807) is 11.9 Å². The third-order valence-corrected chi connectivity index (χ3v) is 6.66. The zero-order valence-electron chi connectivity index (χ0n) is 12.2. The maximum Gasteiger partial charge on any atom is 0.263 e. The summed E-state index contributed by atoms with van der Waals surface area (Å²) < 4.78 is 23.0. The summed E-state index contributed by atoms with van der Waals surface area (Å²) in [7, 11) is -1.25. The summed E-state index contributed by atoms with van der Waals surface area (Å²) >= 11 is 1.51. The summed E-state index contributed by atoms with van der Waals surface area (Å²) in [5.41, 5.74) is 1.23. The number of amides is 1. The number of carbonyl (C=O) groups is 1. The van der Waals surface area contributed by atoms with Crippen LogP contribution >= 0.6 is 11.3 Å². The van der Waals surface area contributed by atoms with Crippen LogP contribution < -0.4 is 0 Å². The van der Waals surface area contributed by atoms with Crippen LogP contribution in [0.2, 0.25) is 0 Å². The topological polar surface area (TPSA) is 54.5 Å². The lowest BCUT2D eigenvalue weighted by molar-refractivity contribution is 0.0752. The highest BCUT2D eigenvalue weighted by atomic mass is 32.2. The van der Waals surface area contributed by atoms with Gasteiger partial charge in [0.25, 0.3) is 5.91 Å². The number of rotatable bonds is 4. The maximum atomic E-state index is 12.5. The Hall–Kier alpha value is -0.880. The van der Waals surface area contributed by atoms with Crippen molar-refractivity contribution in [2.45, 2.75) is 39.2 Å². The first-order valence-electron chi connectivity index (χ1n) is 6.91. The van der Waals surface area contributed by atoms with Crippen LogP contribution in [0.1, 0.15) is 39.9 Å². The summed E-state index contributed by atoms with van der Waals surface area (Å²) in [5, 5.41) is 0. The van der Waals surface area contributed by atoms with Gasteiger partial charge in [-0.1, -0.05) is 13.3 Å². The number of sulfone groups is 1. The second-order valence-electron chi connectivity index (χ2n) is 5.41. The van der Waals surface area contributed by atoms with Gasteiger partial charge in [0.15, 0.2) is 9.84 Å². The fourth-order valence-electron chi connectivity index (χ4n) is 2.56. The monoisotopic (exact) mass is 315 g/mol. The minimum absolute atomic E-state index is 0.0532. The van der Waals surface area contributed by atoms with Gasteiger partial charge in [-0.2, -0.15) is 0 Å². The molecule has 4 nitrogen and oxygen atoms in total. The van der Waals surface area contributed by atoms with Gasteiger partial charge < -0.3 is 4.90 Å². The number of carbonyl (C=O) groups excluding carboxylic acids is 1. The molecule has 20 heavy (non-hydrogen) atoms. The Morgan fingerprint density at radius 1 is 1.50 bits per heavy atom. The molecule has 1 aliphatic rings. The van der Waals surface area contributed by atoms with Gasteiger partial charge in [-0.3, -0.25) is 4.79 Å². The summed E-state index contributed by atoms with van der Waals surface area (Å²) in [6, 6.07) is 1.79. The summed E-state index contributed by atoms with van der Waals surface area (Å²) in [6.07, 6.45) is 2.59. The number of nitrogens with zero attached hydrogens (tertiary/aromatic N) is 1. The highest BCUT2D eigenvalue weighted by Gasteiger charge is 2.33. The molecular weight excluding hydrogens is 294 g/mol. The smallest absolute Gasteiger partial charge is 0.263 e. The van der Waals surface area contributed by atoms with Crippen molar-refractivity contribution in [2.75, 3.05) is 18.6 Å². The van der Waals surface area contributed by atoms with E-state index in [4.69, 9.17) is 0 Å². The third kappa shape index (κ3) is 3.23. The molecule has 1 fully saturated rings. The van der Waals surface area contributed by atoms with Crippen molar-refractivity contribution >= 4 is 27.1 Å². The Balaban J connectivity index is 2.13. The van der Waals surface area contributed by atoms with Gasteiger partial charge in [0.1, 0.15) is 0 Å². The number of thiophene rings is 1. The Labute approximate surface area is 124 Å². The van der Waals surface area contributed by atoms with E-state index >= 15 is 0 Å². The number of hydrogen-bond acceptors (Lipinski definition) is 4. The van der Waals surface area contributed by atoms with E-state index in [2.05, 4.69) is 6.92 Å². The lowest BCUT2D eigenvalue weighted by Gasteiger charge is -2.22. The van der Waals surface area contributed by atoms with E-state index in [9.17, 15) is 13.2 Å².